The summed E-state index contributed by atoms with van der Waals surface area (Å²) >= 11 is 0. The van der Waals surface area contributed by atoms with Crippen LogP contribution in [0.3, 0.4) is 0 Å². The highest BCUT2D eigenvalue weighted by Crippen LogP contribution is 2.14. The summed E-state index contributed by atoms with van der Waals surface area (Å²) in [6.45, 7) is 3.37. The van der Waals surface area contributed by atoms with E-state index in [2.05, 4.69) is 5.32 Å². The normalized spacial score (nSPS) is 19.7. The lowest BCUT2D eigenvalue weighted by Crippen LogP contribution is -2.53. The first-order chi connectivity index (χ1) is 8.61. The third-order valence-electron chi connectivity index (χ3n) is 3.06. The van der Waals surface area contributed by atoms with E-state index in [0.717, 1.165) is 0 Å². The van der Waals surface area contributed by atoms with Crippen LogP contribution in [0.15, 0.2) is 18.2 Å². The molecule has 1 amide bonds. The maximum Gasteiger partial charge on any atom is 0.239 e. The Morgan fingerprint density at radius 2 is 2.39 bits per heavy atom. The molecule has 1 aromatic carbocycles. The van der Waals surface area contributed by atoms with Gasteiger partial charge in [0.15, 0.2) is 0 Å². The summed E-state index contributed by atoms with van der Waals surface area (Å²) in [6, 6.07) is 5.81. The number of carbonyl (C=O) groups is 1. The molecule has 2 rings (SSSR count). The Bertz CT molecular complexity index is 509. The predicted octanol–water partition coefficient (Wildman–Crippen LogP) is 1.02. The molecule has 5 heteroatoms. The van der Waals surface area contributed by atoms with Gasteiger partial charge in [0.25, 0.3) is 0 Å². The van der Waals surface area contributed by atoms with Crippen LogP contribution in [-0.2, 0) is 11.3 Å². The standard InChI is InChI=1S/C13H14FN3O/c1-9-13(18)17(5-4-16-9)8-11-6-12(14)3-2-10(11)7-15/h2-3,6,9,16H,4-5,8H2,1H3. The molecule has 1 unspecified atom stereocenters. The van der Waals surface area contributed by atoms with Gasteiger partial charge in [0.05, 0.1) is 17.7 Å². The van der Waals surface area contributed by atoms with Crippen molar-refractivity contribution in [2.75, 3.05) is 13.1 Å². The molecule has 18 heavy (non-hydrogen) atoms. The van der Waals surface area contributed by atoms with Crippen molar-refractivity contribution in [3.8, 4) is 6.07 Å². The number of amides is 1. The largest absolute Gasteiger partial charge is 0.336 e. The van der Waals surface area contributed by atoms with Crippen LogP contribution >= 0.6 is 0 Å². The van der Waals surface area contributed by atoms with E-state index in [0.29, 0.717) is 24.2 Å². The Morgan fingerprint density at radius 1 is 1.61 bits per heavy atom. The molecule has 1 atom stereocenters. The Morgan fingerprint density at radius 3 is 3.11 bits per heavy atom. The quantitative estimate of drug-likeness (QED) is 0.848. The van der Waals surface area contributed by atoms with Crippen LogP contribution in [0.4, 0.5) is 4.39 Å². The number of halogens is 1. The molecule has 0 spiro atoms. The van der Waals surface area contributed by atoms with Crippen LogP contribution in [0.5, 0.6) is 0 Å². The van der Waals surface area contributed by atoms with Gasteiger partial charge in [0.1, 0.15) is 5.82 Å². The summed E-state index contributed by atoms with van der Waals surface area (Å²) in [5.74, 6) is -0.408. The van der Waals surface area contributed by atoms with Gasteiger partial charge in [-0.1, -0.05) is 0 Å². The molecular weight excluding hydrogens is 233 g/mol. The second kappa shape index (κ2) is 5.15. The molecule has 1 saturated heterocycles. The average molecular weight is 247 g/mol. The number of nitrogens with zero attached hydrogens (tertiary/aromatic N) is 2. The van der Waals surface area contributed by atoms with Crippen LogP contribution in [0.25, 0.3) is 0 Å². The molecule has 0 radical (unpaired) electrons. The van der Waals surface area contributed by atoms with E-state index in [4.69, 9.17) is 5.26 Å². The Kier molecular flexibility index (Phi) is 3.58. The maximum atomic E-state index is 13.2. The number of nitriles is 1. The SMILES string of the molecule is CC1NCCN(Cc2cc(F)ccc2C#N)C1=O. The molecule has 1 heterocycles. The molecule has 1 aromatic rings. The highest BCUT2D eigenvalue weighted by Gasteiger charge is 2.25. The zero-order valence-corrected chi connectivity index (χ0v) is 10.1. The van der Waals surface area contributed by atoms with Crippen LogP contribution in [0, 0.1) is 17.1 Å². The van der Waals surface area contributed by atoms with Crippen LogP contribution < -0.4 is 5.32 Å². The van der Waals surface area contributed by atoms with E-state index < -0.39 is 0 Å². The third-order valence-corrected chi connectivity index (χ3v) is 3.06. The van der Waals surface area contributed by atoms with E-state index in [1.165, 1.54) is 18.2 Å². The number of hydrogen-bond donors (Lipinski definition) is 1. The third kappa shape index (κ3) is 2.49. The summed E-state index contributed by atoms with van der Waals surface area (Å²) in [6.07, 6.45) is 0. The zero-order valence-electron chi connectivity index (χ0n) is 10.1. The van der Waals surface area contributed by atoms with Gasteiger partial charge < -0.3 is 10.2 Å². The summed E-state index contributed by atoms with van der Waals surface area (Å²) in [4.78, 5) is 13.6. The van der Waals surface area contributed by atoms with Crippen molar-refractivity contribution in [1.82, 2.24) is 10.2 Å². The van der Waals surface area contributed by atoms with E-state index >= 15 is 0 Å². The van der Waals surface area contributed by atoms with Crippen molar-refractivity contribution in [3.05, 3.63) is 35.1 Å². The fraction of sp³-hybridized carbons (Fsp3) is 0.385. The lowest BCUT2D eigenvalue weighted by Gasteiger charge is -2.31. The van der Waals surface area contributed by atoms with E-state index in [9.17, 15) is 9.18 Å². The predicted molar refractivity (Wildman–Crippen MR) is 64.0 cm³/mol. The molecule has 0 aromatic heterocycles. The summed E-state index contributed by atoms with van der Waals surface area (Å²) in [5.41, 5.74) is 0.968. The summed E-state index contributed by atoms with van der Waals surface area (Å²) in [5, 5.41) is 12.0. The van der Waals surface area contributed by atoms with Gasteiger partial charge in [-0.25, -0.2) is 4.39 Å². The minimum absolute atomic E-state index is 0.0191. The number of piperazine rings is 1. The highest BCUT2D eigenvalue weighted by molar-refractivity contribution is 5.82. The van der Waals surface area contributed by atoms with Crippen LogP contribution in [0.2, 0.25) is 0 Å². The smallest absolute Gasteiger partial charge is 0.239 e. The van der Waals surface area contributed by atoms with Gasteiger partial charge in [-0.2, -0.15) is 5.26 Å². The first kappa shape index (κ1) is 12.5. The number of carbonyl (C=O) groups excluding carboxylic acids is 1. The number of hydrogen-bond acceptors (Lipinski definition) is 3. The van der Waals surface area contributed by atoms with Crippen LogP contribution in [0.1, 0.15) is 18.1 Å². The molecule has 94 valence electrons. The van der Waals surface area contributed by atoms with Crippen molar-refractivity contribution < 1.29 is 9.18 Å². The molecule has 1 aliphatic heterocycles. The lowest BCUT2D eigenvalue weighted by atomic mass is 10.1. The second-order valence-corrected chi connectivity index (χ2v) is 4.35. The van der Waals surface area contributed by atoms with Crippen molar-refractivity contribution in [2.24, 2.45) is 0 Å². The monoisotopic (exact) mass is 247 g/mol. The summed E-state index contributed by atoms with van der Waals surface area (Å²) in [7, 11) is 0. The molecule has 1 fully saturated rings. The van der Waals surface area contributed by atoms with Gasteiger partial charge in [-0.3, -0.25) is 4.79 Å². The fourth-order valence-electron chi connectivity index (χ4n) is 2.05. The Balaban J connectivity index is 2.21. The zero-order chi connectivity index (χ0) is 13.1. The first-order valence-electron chi connectivity index (χ1n) is 5.82. The van der Waals surface area contributed by atoms with Crippen LogP contribution in [-0.4, -0.2) is 29.9 Å². The molecular formula is C13H14FN3O. The van der Waals surface area contributed by atoms with Crippen molar-refractivity contribution in [3.63, 3.8) is 0 Å². The average Bonchev–Trinajstić information content (AvgIpc) is 2.35. The highest BCUT2D eigenvalue weighted by atomic mass is 19.1. The topological polar surface area (TPSA) is 56.1 Å². The number of rotatable bonds is 2. The van der Waals surface area contributed by atoms with Gasteiger partial charge in [0, 0.05) is 19.6 Å². The Hall–Kier alpha value is -1.93. The first-order valence-corrected chi connectivity index (χ1v) is 5.82. The summed E-state index contributed by atoms with van der Waals surface area (Å²) < 4.78 is 13.2. The molecule has 0 bridgehead atoms. The Labute approximate surface area is 105 Å². The van der Waals surface area contributed by atoms with Crippen molar-refractivity contribution in [1.29, 1.82) is 5.26 Å². The van der Waals surface area contributed by atoms with Crippen molar-refractivity contribution in [2.45, 2.75) is 19.5 Å². The van der Waals surface area contributed by atoms with Gasteiger partial charge in [-0.05, 0) is 30.7 Å². The fourth-order valence-corrected chi connectivity index (χ4v) is 2.05. The molecule has 4 nitrogen and oxygen atoms in total. The van der Waals surface area contributed by atoms with Crippen molar-refractivity contribution >= 4 is 5.91 Å². The minimum atomic E-state index is -0.389. The lowest BCUT2D eigenvalue weighted by molar-refractivity contribution is -0.135. The van der Waals surface area contributed by atoms with Gasteiger partial charge in [0.2, 0.25) is 5.91 Å². The molecule has 1 N–H and O–H groups in total. The van der Waals surface area contributed by atoms with E-state index in [-0.39, 0.29) is 24.3 Å². The minimum Gasteiger partial charge on any atom is -0.336 e. The molecule has 1 aliphatic rings. The van der Waals surface area contributed by atoms with E-state index in [1.54, 1.807) is 11.8 Å². The molecule has 0 aliphatic carbocycles. The number of nitrogens with one attached hydrogen (secondary N) is 1. The maximum absolute atomic E-state index is 13.2. The van der Waals surface area contributed by atoms with E-state index in [1.807, 2.05) is 6.07 Å². The van der Waals surface area contributed by atoms with Gasteiger partial charge in [-0.15, -0.1) is 0 Å². The molecule has 0 saturated carbocycles. The number of benzene rings is 1. The second-order valence-electron chi connectivity index (χ2n) is 4.35. The van der Waals surface area contributed by atoms with Gasteiger partial charge >= 0.3 is 0 Å².